The first-order chi connectivity index (χ1) is 22.2. The number of rotatable bonds is 8. The Kier molecular flexibility index (Phi) is 7.42. The first-order valence-corrected chi connectivity index (χ1v) is 15.2. The van der Waals surface area contributed by atoms with Crippen molar-refractivity contribution in [3.8, 4) is 22.3 Å². The van der Waals surface area contributed by atoms with Crippen molar-refractivity contribution in [1.82, 2.24) is 0 Å². The molecule has 6 aromatic carbocycles. The minimum Gasteiger partial charge on any atom is -0.397 e. The lowest BCUT2D eigenvalue weighted by Gasteiger charge is -2.28. The van der Waals surface area contributed by atoms with Gasteiger partial charge in [-0.15, -0.1) is 0 Å². The predicted octanol–water partition coefficient (Wildman–Crippen LogP) is 11.1. The standard InChI is InChI=1S/C42H33N3/c1-3-11-32(12-4-2)45(40-18-10-9-17-38(40)43)33-25-23-31(24-26-33)42-36-15-7-5-13-34(36)41(35-14-6-8-16-37(35)42)30-21-19-29(20-22-30)39-27-28-44-39/h3-28H,1,43H2,2H3/b12-4-,32-11+. The van der Waals surface area contributed by atoms with Crippen molar-refractivity contribution < 1.29 is 0 Å². The van der Waals surface area contributed by atoms with Crippen LogP contribution in [0.2, 0.25) is 0 Å². The second-order valence-corrected chi connectivity index (χ2v) is 11.0. The van der Waals surface area contributed by atoms with Gasteiger partial charge in [0.25, 0.3) is 0 Å². The van der Waals surface area contributed by atoms with E-state index in [1.54, 1.807) is 0 Å². The number of anilines is 3. The average molecular weight is 580 g/mol. The van der Waals surface area contributed by atoms with E-state index in [4.69, 9.17) is 5.73 Å². The van der Waals surface area contributed by atoms with E-state index in [0.717, 1.165) is 33.9 Å². The zero-order valence-electron chi connectivity index (χ0n) is 25.2. The molecule has 216 valence electrons. The van der Waals surface area contributed by atoms with Gasteiger partial charge >= 0.3 is 0 Å². The molecule has 0 spiro atoms. The summed E-state index contributed by atoms with van der Waals surface area (Å²) in [5, 5.41) is 4.90. The molecule has 45 heavy (non-hydrogen) atoms. The molecule has 0 unspecified atom stereocenters. The van der Waals surface area contributed by atoms with Gasteiger partial charge in [0, 0.05) is 23.2 Å². The minimum atomic E-state index is 0.707. The topological polar surface area (TPSA) is 41.6 Å². The van der Waals surface area contributed by atoms with Crippen molar-refractivity contribution in [1.29, 1.82) is 0 Å². The van der Waals surface area contributed by atoms with E-state index in [1.165, 1.54) is 38.2 Å². The maximum atomic E-state index is 6.50. The highest BCUT2D eigenvalue weighted by atomic mass is 15.2. The second-order valence-electron chi connectivity index (χ2n) is 11.0. The van der Waals surface area contributed by atoms with E-state index in [-0.39, 0.29) is 0 Å². The van der Waals surface area contributed by atoms with Crippen LogP contribution in [-0.4, -0.2) is 6.21 Å². The number of nitrogens with zero attached hydrogens (tertiary/aromatic N) is 2. The fraction of sp³-hybridized carbons (Fsp3) is 0.0238. The maximum absolute atomic E-state index is 6.50. The number of allylic oxidation sites excluding steroid dienone is 5. The zero-order valence-corrected chi connectivity index (χ0v) is 25.2. The molecule has 3 nitrogen and oxygen atoms in total. The van der Waals surface area contributed by atoms with Gasteiger partial charge in [0.15, 0.2) is 0 Å². The first-order valence-electron chi connectivity index (χ1n) is 15.2. The van der Waals surface area contributed by atoms with E-state index in [2.05, 4.69) is 120 Å². The SMILES string of the molecule is C=C/C=C(\C=C/C)N(c1ccc(-c2c3ccccc3c(-c3ccc(C4=CC=N4)cc3)c3ccccc23)cc1)c1ccccc1N. The van der Waals surface area contributed by atoms with Crippen LogP contribution in [0.1, 0.15) is 12.5 Å². The monoisotopic (exact) mass is 579 g/mol. The number of aliphatic imine (C=N–C) groups is 1. The summed E-state index contributed by atoms with van der Waals surface area (Å²) in [4.78, 5) is 6.54. The molecule has 0 bridgehead atoms. The molecule has 7 rings (SSSR count). The van der Waals surface area contributed by atoms with E-state index in [9.17, 15) is 0 Å². The number of benzene rings is 6. The Morgan fingerprint density at radius 1 is 0.667 bits per heavy atom. The molecule has 0 saturated carbocycles. The molecule has 0 aliphatic carbocycles. The van der Waals surface area contributed by atoms with Crippen LogP contribution in [0.5, 0.6) is 0 Å². The predicted molar refractivity (Wildman–Crippen MR) is 195 cm³/mol. The molecule has 0 fully saturated rings. The molecular formula is C42H33N3. The molecule has 0 saturated heterocycles. The molecule has 3 heteroatoms. The van der Waals surface area contributed by atoms with Gasteiger partial charge in [-0.3, -0.25) is 4.99 Å². The summed E-state index contributed by atoms with van der Waals surface area (Å²) in [5.41, 5.74) is 17.1. The van der Waals surface area contributed by atoms with Gasteiger partial charge < -0.3 is 10.6 Å². The summed E-state index contributed by atoms with van der Waals surface area (Å²) < 4.78 is 0. The van der Waals surface area contributed by atoms with E-state index in [1.807, 2.05) is 61.7 Å². The van der Waals surface area contributed by atoms with Crippen LogP contribution in [0.3, 0.4) is 0 Å². The van der Waals surface area contributed by atoms with Crippen LogP contribution in [0.25, 0.3) is 49.5 Å². The number of hydrogen-bond acceptors (Lipinski definition) is 3. The largest absolute Gasteiger partial charge is 0.397 e. The molecule has 1 aliphatic heterocycles. The highest BCUT2D eigenvalue weighted by molar-refractivity contribution is 6.21. The van der Waals surface area contributed by atoms with E-state index in [0.29, 0.717) is 5.69 Å². The zero-order chi connectivity index (χ0) is 30.8. The van der Waals surface area contributed by atoms with Gasteiger partial charge in [-0.05, 0) is 93.2 Å². The minimum absolute atomic E-state index is 0.707. The number of para-hydroxylation sites is 2. The summed E-state index contributed by atoms with van der Waals surface area (Å²) in [6.45, 7) is 5.97. The number of hydrogen-bond donors (Lipinski definition) is 1. The Labute approximate surface area is 264 Å². The molecule has 0 atom stereocenters. The highest BCUT2D eigenvalue weighted by Crippen LogP contribution is 2.44. The molecule has 1 aliphatic rings. The smallest absolute Gasteiger partial charge is 0.0717 e. The van der Waals surface area contributed by atoms with Crippen molar-refractivity contribution in [3.05, 3.63) is 170 Å². The summed E-state index contributed by atoms with van der Waals surface area (Å²) in [6.07, 6.45) is 11.8. The van der Waals surface area contributed by atoms with Gasteiger partial charge in [0.2, 0.25) is 0 Å². The van der Waals surface area contributed by atoms with Gasteiger partial charge in [-0.1, -0.05) is 116 Å². The van der Waals surface area contributed by atoms with Gasteiger partial charge in [-0.25, -0.2) is 0 Å². The molecule has 6 aromatic rings. The third kappa shape index (κ3) is 5.05. The van der Waals surface area contributed by atoms with Crippen LogP contribution >= 0.6 is 0 Å². The molecular weight excluding hydrogens is 546 g/mol. The quantitative estimate of drug-likeness (QED) is 0.111. The van der Waals surface area contributed by atoms with Gasteiger partial charge in [-0.2, -0.15) is 0 Å². The van der Waals surface area contributed by atoms with Crippen LogP contribution < -0.4 is 10.6 Å². The fourth-order valence-corrected chi connectivity index (χ4v) is 6.27. The van der Waals surface area contributed by atoms with E-state index >= 15 is 0 Å². The molecule has 1 heterocycles. The van der Waals surface area contributed by atoms with Crippen LogP contribution in [0.4, 0.5) is 17.1 Å². The number of nitrogens with two attached hydrogens (primary N) is 1. The Balaban J connectivity index is 1.40. The van der Waals surface area contributed by atoms with Gasteiger partial charge in [0.1, 0.15) is 0 Å². The first kappa shape index (κ1) is 27.9. The van der Waals surface area contributed by atoms with E-state index < -0.39 is 0 Å². The summed E-state index contributed by atoms with van der Waals surface area (Å²) >= 11 is 0. The van der Waals surface area contributed by atoms with Crippen molar-refractivity contribution in [2.75, 3.05) is 10.6 Å². The Morgan fingerprint density at radius 3 is 1.62 bits per heavy atom. The lowest BCUT2D eigenvalue weighted by atomic mass is 9.85. The van der Waals surface area contributed by atoms with Crippen LogP contribution in [0, 0.1) is 0 Å². The molecule has 0 amide bonds. The maximum Gasteiger partial charge on any atom is 0.0717 e. The van der Waals surface area contributed by atoms with Crippen LogP contribution in [0.15, 0.2) is 169 Å². The fourth-order valence-electron chi connectivity index (χ4n) is 6.27. The second kappa shape index (κ2) is 12.0. The third-order valence-corrected chi connectivity index (χ3v) is 8.32. The Morgan fingerprint density at radius 2 is 1.16 bits per heavy atom. The molecule has 2 N–H and O–H groups in total. The molecule has 0 radical (unpaired) electrons. The lowest BCUT2D eigenvalue weighted by molar-refractivity contribution is 1.21. The summed E-state index contributed by atoms with van der Waals surface area (Å²) in [7, 11) is 0. The number of fused-ring (bicyclic) bond motifs is 2. The normalized spacial score (nSPS) is 12.8. The Bertz CT molecular complexity index is 2120. The van der Waals surface area contributed by atoms with Crippen molar-refractivity contribution >= 4 is 50.5 Å². The molecule has 0 aromatic heterocycles. The van der Waals surface area contributed by atoms with Gasteiger partial charge in [0.05, 0.1) is 17.1 Å². The van der Waals surface area contributed by atoms with Crippen molar-refractivity contribution in [2.45, 2.75) is 6.92 Å². The third-order valence-electron chi connectivity index (χ3n) is 8.32. The van der Waals surface area contributed by atoms with Crippen molar-refractivity contribution in [3.63, 3.8) is 0 Å². The Hall–Kier alpha value is -5.93. The average Bonchev–Trinajstić information content (AvgIpc) is 3.05. The summed E-state index contributed by atoms with van der Waals surface area (Å²) in [6, 6.07) is 43.0. The highest BCUT2D eigenvalue weighted by Gasteiger charge is 2.19. The van der Waals surface area contributed by atoms with Crippen molar-refractivity contribution in [2.24, 2.45) is 4.99 Å². The summed E-state index contributed by atoms with van der Waals surface area (Å²) in [5.74, 6) is 0. The number of nitrogen functional groups attached to an aromatic ring is 1. The lowest BCUT2D eigenvalue weighted by Crippen LogP contribution is -2.16. The van der Waals surface area contributed by atoms with Crippen LogP contribution in [-0.2, 0) is 0 Å².